The van der Waals surface area contributed by atoms with Gasteiger partial charge in [-0.15, -0.1) is 5.10 Å². The number of carbonyl (C=O) groups is 1. The minimum atomic E-state index is -0.255. The third kappa shape index (κ3) is 3.39. The second-order valence-corrected chi connectivity index (χ2v) is 5.32. The van der Waals surface area contributed by atoms with E-state index in [1.54, 1.807) is 0 Å². The standard InChI is InChI=1S/C15H18N4O2/c1-11-7-8-19-13(9-11)16-15(18-19)17-14(20)10-21-12-5-3-2-4-6-12/h2-6,11H,7-10H2,1H3,(H,17,18,20). The lowest BCUT2D eigenvalue weighted by molar-refractivity contribution is -0.118. The van der Waals surface area contributed by atoms with Gasteiger partial charge in [0.25, 0.3) is 5.91 Å². The molecule has 1 amide bonds. The summed E-state index contributed by atoms with van der Waals surface area (Å²) in [5.41, 5.74) is 0. The van der Waals surface area contributed by atoms with Crippen molar-refractivity contribution in [1.82, 2.24) is 14.8 Å². The topological polar surface area (TPSA) is 69.0 Å². The monoisotopic (exact) mass is 286 g/mol. The Morgan fingerprint density at radius 2 is 2.24 bits per heavy atom. The quantitative estimate of drug-likeness (QED) is 0.931. The number of hydrogen-bond acceptors (Lipinski definition) is 4. The van der Waals surface area contributed by atoms with Crippen LogP contribution in [0.1, 0.15) is 19.2 Å². The lowest BCUT2D eigenvalue weighted by Gasteiger charge is -2.17. The van der Waals surface area contributed by atoms with Gasteiger partial charge in [-0.1, -0.05) is 25.1 Å². The number of nitrogens with one attached hydrogen (secondary N) is 1. The van der Waals surface area contributed by atoms with Gasteiger partial charge in [0.05, 0.1) is 0 Å². The van der Waals surface area contributed by atoms with Gasteiger partial charge in [-0.25, -0.2) is 4.68 Å². The zero-order valence-corrected chi connectivity index (χ0v) is 12.0. The van der Waals surface area contributed by atoms with E-state index in [0.29, 0.717) is 17.6 Å². The summed E-state index contributed by atoms with van der Waals surface area (Å²) in [6.45, 7) is 3.01. The molecule has 1 unspecified atom stereocenters. The van der Waals surface area contributed by atoms with Crippen LogP contribution in [0.5, 0.6) is 5.75 Å². The predicted octanol–water partition coefficient (Wildman–Crippen LogP) is 1.88. The van der Waals surface area contributed by atoms with Crippen molar-refractivity contribution >= 4 is 11.9 Å². The van der Waals surface area contributed by atoms with Crippen LogP contribution >= 0.6 is 0 Å². The highest BCUT2D eigenvalue weighted by Crippen LogP contribution is 2.19. The van der Waals surface area contributed by atoms with E-state index in [0.717, 1.165) is 25.2 Å². The Kier molecular flexibility index (Phi) is 3.85. The summed E-state index contributed by atoms with van der Waals surface area (Å²) >= 11 is 0. The summed E-state index contributed by atoms with van der Waals surface area (Å²) in [6, 6.07) is 9.23. The molecule has 0 saturated heterocycles. The molecular weight excluding hydrogens is 268 g/mol. The number of amides is 1. The molecule has 1 aromatic heterocycles. The molecule has 0 fully saturated rings. The normalized spacial score (nSPS) is 17.1. The fraction of sp³-hybridized carbons (Fsp3) is 0.400. The SMILES string of the molecule is CC1CCn2nc(NC(=O)COc3ccccc3)nc2C1. The summed E-state index contributed by atoms with van der Waals surface area (Å²) in [5, 5.41) is 6.98. The van der Waals surface area contributed by atoms with Crippen molar-refractivity contribution in [1.29, 1.82) is 0 Å². The maximum Gasteiger partial charge on any atom is 0.264 e. The minimum Gasteiger partial charge on any atom is -0.484 e. The maximum absolute atomic E-state index is 11.8. The molecule has 0 radical (unpaired) electrons. The predicted molar refractivity (Wildman–Crippen MR) is 78.1 cm³/mol. The first-order valence-corrected chi connectivity index (χ1v) is 7.12. The van der Waals surface area contributed by atoms with Crippen LogP contribution in [0.4, 0.5) is 5.95 Å². The number of hydrogen-bond donors (Lipinski definition) is 1. The third-order valence-electron chi connectivity index (χ3n) is 3.48. The highest BCUT2D eigenvalue weighted by atomic mass is 16.5. The number of aromatic nitrogens is 3. The Morgan fingerprint density at radius 3 is 3.05 bits per heavy atom. The number of aryl methyl sites for hydroxylation is 1. The zero-order valence-electron chi connectivity index (χ0n) is 12.0. The summed E-state index contributed by atoms with van der Waals surface area (Å²) in [6.07, 6.45) is 2.00. The summed E-state index contributed by atoms with van der Waals surface area (Å²) < 4.78 is 7.25. The van der Waals surface area contributed by atoms with E-state index >= 15 is 0 Å². The van der Waals surface area contributed by atoms with Crippen LogP contribution in [0.2, 0.25) is 0 Å². The second-order valence-electron chi connectivity index (χ2n) is 5.32. The number of benzene rings is 1. The zero-order chi connectivity index (χ0) is 14.7. The molecule has 1 aromatic carbocycles. The van der Waals surface area contributed by atoms with Gasteiger partial charge in [-0.3, -0.25) is 10.1 Å². The van der Waals surface area contributed by atoms with Crippen LogP contribution in [-0.2, 0) is 17.8 Å². The fourth-order valence-corrected chi connectivity index (χ4v) is 2.34. The number of nitrogens with zero attached hydrogens (tertiary/aromatic N) is 3. The molecule has 2 aromatic rings. The van der Waals surface area contributed by atoms with Crippen LogP contribution in [0.3, 0.4) is 0 Å². The Balaban J connectivity index is 1.55. The highest BCUT2D eigenvalue weighted by Gasteiger charge is 2.19. The van der Waals surface area contributed by atoms with E-state index in [4.69, 9.17) is 4.74 Å². The molecule has 3 rings (SSSR count). The van der Waals surface area contributed by atoms with Gasteiger partial charge in [-0.05, 0) is 24.5 Å². The van der Waals surface area contributed by atoms with Crippen molar-refractivity contribution in [3.8, 4) is 5.75 Å². The van der Waals surface area contributed by atoms with Gasteiger partial charge in [0.2, 0.25) is 5.95 Å². The van der Waals surface area contributed by atoms with Crippen molar-refractivity contribution in [3.05, 3.63) is 36.2 Å². The molecule has 1 N–H and O–H groups in total. The highest BCUT2D eigenvalue weighted by molar-refractivity contribution is 5.90. The molecule has 1 aliphatic heterocycles. The van der Waals surface area contributed by atoms with E-state index in [2.05, 4.69) is 22.3 Å². The molecule has 21 heavy (non-hydrogen) atoms. The van der Waals surface area contributed by atoms with Gasteiger partial charge in [0.15, 0.2) is 6.61 Å². The van der Waals surface area contributed by atoms with E-state index in [1.807, 2.05) is 35.0 Å². The second kappa shape index (κ2) is 5.95. The van der Waals surface area contributed by atoms with Crippen LogP contribution in [0.15, 0.2) is 30.3 Å². The molecule has 1 aliphatic rings. The van der Waals surface area contributed by atoms with Gasteiger partial charge >= 0.3 is 0 Å². The molecule has 110 valence electrons. The molecule has 0 aliphatic carbocycles. The average molecular weight is 286 g/mol. The van der Waals surface area contributed by atoms with Crippen molar-refractivity contribution in [2.45, 2.75) is 26.3 Å². The summed E-state index contributed by atoms with van der Waals surface area (Å²) in [4.78, 5) is 16.2. The molecule has 1 atom stereocenters. The van der Waals surface area contributed by atoms with Crippen molar-refractivity contribution < 1.29 is 9.53 Å². The molecule has 0 saturated carbocycles. The third-order valence-corrected chi connectivity index (χ3v) is 3.48. The van der Waals surface area contributed by atoms with Crippen LogP contribution in [0, 0.1) is 5.92 Å². The first kappa shape index (κ1) is 13.6. The number of carbonyl (C=O) groups excluding carboxylic acids is 1. The number of para-hydroxylation sites is 1. The molecule has 6 nitrogen and oxygen atoms in total. The van der Waals surface area contributed by atoms with Crippen LogP contribution < -0.4 is 10.1 Å². The lowest BCUT2D eigenvalue weighted by Crippen LogP contribution is -2.21. The molecular formula is C15H18N4O2. The minimum absolute atomic E-state index is 0.0513. The molecule has 0 bridgehead atoms. The number of ether oxygens (including phenoxy) is 1. The smallest absolute Gasteiger partial charge is 0.264 e. The van der Waals surface area contributed by atoms with Gasteiger partial charge in [0.1, 0.15) is 11.6 Å². The lowest BCUT2D eigenvalue weighted by atomic mass is 10.0. The molecule has 6 heteroatoms. The van der Waals surface area contributed by atoms with Crippen molar-refractivity contribution in [2.24, 2.45) is 5.92 Å². The number of rotatable bonds is 4. The van der Waals surface area contributed by atoms with Crippen molar-refractivity contribution in [2.75, 3.05) is 11.9 Å². The number of fused-ring (bicyclic) bond motifs is 1. The van der Waals surface area contributed by atoms with E-state index in [9.17, 15) is 4.79 Å². The Morgan fingerprint density at radius 1 is 1.43 bits per heavy atom. The average Bonchev–Trinajstić information content (AvgIpc) is 2.87. The van der Waals surface area contributed by atoms with E-state index < -0.39 is 0 Å². The largest absolute Gasteiger partial charge is 0.484 e. The van der Waals surface area contributed by atoms with E-state index in [1.165, 1.54) is 0 Å². The Labute approximate surface area is 123 Å². The first-order valence-electron chi connectivity index (χ1n) is 7.12. The number of anilines is 1. The Hall–Kier alpha value is -2.37. The summed E-state index contributed by atoms with van der Waals surface area (Å²) in [5.74, 6) is 2.33. The Bertz CT molecular complexity index is 624. The molecule has 2 heterocycles. The maximum atomic E-state index is 11.8. The fourth-order valence-electron chi connectivity index (χ4n) is 2.34. The van der Waals surface area contributed by atoms with Crippen molar-refractivity contribution in [3.63, 3.8) is 0 Å². The van der Waals surface area contributed by atoms with Crippen LogP contribution in [-0.4, -0.2) is 27.3 Å². The van der Waals surface area contributed by atoms with Gasteiger partial charge in [0, 0.05) is 13.0 Å². The van der Waals surface area contributed by atoms with Gasteiger partial charge in [-0.2, -0.15) is 4.98 Å². The van der Waals surface area contributed by atoms with E-state index in [-0.39, 0.29) is 12.5 Å². The van der Waals surface area contributed by atoms with Gasteiger partial charge < -0.3 is 4.74 Å². The summed E-state index contributed by atoms with van der Waals surface area (Å²) in [7, 11) is 0. The molecule has 0 spiro atoms. The first-order chi connectivity index (χ1) is 10.2. The van der Waals surface area contributed by atoms with Crippen LogP contribution in [0.25, 0.3) is 0 Å².